The van der Waals surface area contributed by atoms with E-state index in [0.717, 1.165) is 19.3 Å². The van der Waals surface area contributed by atoms with Gasteiger partial charge in [-0.15, -0.1) is 0 Å². The second-order valence-electron chi connectivity index (χ2n) is 6.10. The molecule has 24 heavy (non-hydrogen) atoms. The number of amides is 1. The highest BCUT2D eigenvalue weighted by atomic mass is 16.2. The number of carbonyl (C=O) groups is 1. The van der Waals surface area contributed by atoms with Crippen LogP contribution in [0.15, 0.2) is 35.3 Å². The number of hydrogen-bond donors (Lipinski definition) is 2. The van der Waals surface area contributed by atoms with Crippen LogP contribution in [0.2, 0.25) is 0 Å². The smallest absolute Gasteiger partial charge is 0.286 e. The van der Waals surface area contributed by atoms with Gasteiger partial charge in [0.05, 0.1) is 0 Å². The minimum atomic E-state index is -0.436. The number of aromatic nitrogens is 4. The van der Waals surface area contributed by atoms with Crippen molar-refractivity contribution in [1.29, 1.82) is 0 Å². The number of H-pyrrole nitrogens is 1. The van der Waals surface area contributed by atoms with Crippen LogP contribution in [0.3, 0.4) is 0 Å². The molecule has 0 aliphatic heterocycles. The lowest BCUT2D eigenvalue weighted by molar-refractivity contribution is 0.0931. The van der Waals surface area contributed by atoms with Gasteiger partial charge in [-0.25, -0.2) is 4.98 Å². The van der Waals surface area contributed by atoms with Gasteiger partial charge in [0.15, 0.2) is 0 Å². The molecule has 0 saturated heterocycles. The Labute approximate surface area is 137 Å². The number of carbonyl (C=O) groups excluding carboxylic acids is 1. The summed E-state index contributed by atoms with van der Waals surface area (Å²) in [5, 5.41) is 5.75. The molecule has 0 fully saturated rings. The SMILES string of the molecule is Cc1nc2ncc(C(=O)N[C@@H]3CCc4ccccc4C3)c(=O)n2[nH]1. The van der Waals surface area contributed by atoms with Gasteiger partial charge in [-0.3, -0.25) is 14.7 Å². The van der Waals surface area contributed by atoms with Crippen LogP contribution in [0.5, 0.6) is 0 Å². The molecule has 0 saturated carbocycles. The zero-order valence-electron chi connectivity index (χ0n) is 13.2. The summed E-state index contributed by atoms with van der Waals surface area (Å²) in [5.74, 6) is 0.445. The van der Waals surface area contributed by atoms with Crippen LogP contribution in [0.4, 0.5) is 0 Å². The number of benzene rings is 1. The third kappa shape index (κ3) is 2.47. The molecule has 1 aliphatic rings. The number of nitrogens with zero attached hydrogens (tertiary/aromatic N) is 3. The highest BCUT2D eigenvalue weighted by Gasteiger charge is 2.22. The number of aryl methyl sites for hydroxylation is 2. The predicted molar refractivity (Wildman–Crippen MR) is 88.1 cm³/mol. The zero-order valence-corrected chi connectivity index (χ0v) is 13.2. The van der Waals surface area contributed by atoms with E-state index >= 15 is 0 Å². The number of hydrogen-bond acceptors (Lipinski definition) is 4. The van der Waals surface area contributed by atoms with Gasteiger partial charge in [-0.05, 0) is 37.3 Å². The van der Waals surface area contributed by atoms with Crippen LogP contribution >= 0.6 is 0 Å². The van der Waals surface area contributed by atoms with E-state index in [-0.39, 0.29) is 17.4 Å². The quantitative estimate of drug-likeness (QED) is 0.736. The first kappa shape index (κ1) is 14.6. The molecule has 1 amide bonds. The van der Waals surface area contributed by atoms with Gasteiger partial charge in [0.25, 0.3) is 17.2 Å². The van der Waals surface area contributed by atoms with Crippen molar-refractivity contribution >= 4 is 11.7 Å². The van der Waals surface area contributed by atoms with E-state index in [1.165, 1.54) is 21.8 Å². The van der Waals surface area contributed by atoms with E-state index in [2.05, 4.69) is 32.5 Å². The molecule has 3 aromatic rings. The molecule has 7 heteroatoms. The molecule has 0 bridgehead atoms. The van der Waals surface area contributed by atoms with E-state index in [1.54, 1.807) is 6.92 Å². The van der Waals surface area contributed by atoms with Crippen LogP contribution in [0.1, 0.15) is 33.7 Å². The highest BCUT2D eigenvalue weighted by molar-refractivity contribution is 5.93. The minimum Gasteiger partial charge on any atom is -0.349 e. The molecule has 1 aromatic carbocycles. The van der Waals surface area contributed by atoms with E-state index in [4.69, 9.17) is 0 Å². The van der Waals surface area contributed by atoms with Gasteiger partial charge in [0, 0.05) is 12.2 Å². The number of aromatic amines is 1. The van der Waals surface area contributed by atoms with Crippen LogP contribution in [-0.2, 0) is 12.8 Å². The number of rotatable bonds is 2. The lowest BCUT2D eigenvalue weighted by Gasteiger charge is -2.25. The van der Waals surface area contributed by atoms with E-state index in [0.29, 0.717) is 5.82 Å². The Bertz CT molecular complexity index is 988. The predicted octanol–water partition coefficient (Wildman–Crippen LogP) is 1.01. The minimum absolute atomic E-state index is 0.0232. The zero-order chi connectivity index (χ0) is 16.7. The molecule has 2 N–H and O–H groups in total. The third-order valence-electron chi connectivity index (χ3n) is 4.41. The van der Waals surface area contributed by atoms with Crippen molar-refractivity contribution in [3.63, 3.8) is 0 Å². The van der Waals surface area contributed by atoms with Gasteiger partial charge in [-0.1, -0.05) is 24.3 Å². The topological polar surface area (TPSA) is 92.2 Å². The van der Waals surface area contributed by atoms with Crippen LogP contribution < -0.4 is 10.9 Å². The van der Waals surface area contributed by atoms with Gasteiger partial charge in [0.1, 0.15) is 11.4 Å². The van der Waals surface area contributed by atoms with Crippen molar-refractivity contribution in [3.05, 3.63) is 63.3 Å². The Morgan fingerprint density at radius 2 is 2.12 bits per heavy atom. The summed E-state index contributed by atoms with van der Waals surface area (Å²) in [5.41, 5.74) is 2.17. The molecule has 122 valence electrons. The molecular formula is C17H17N5O2. The maximum Gasteiger partial charge on any atom is 0.286 e. The number of nitrogens with one attached hydrogen (secondary N) is 2. The van der Waals surface area contributed by atoms with E-state index < -0.39 is 11.5 Å². The van der Waals surface area contributed by atoms with Gasteiger partial charge in [0.2, 0.25) is 0 Å². The van der Waals surface area contributed by atoms with Crippen LogP contribution in [-0.4, -0.2) is 31.5 Å². The third-order valence-corrected chi connectivity index (χ3v) is 4.41. The second-order valence-corrected chi connectivity index (χ2v) is 6.10. The van der Waals surface area contributed by atoms with Gasteiger partial charge >= 0.3 is 0 Å². The summed E-state index contributed by atoms with van der Waals surface area (Å²) >= 11 is 0. The van der Waals surface area contributed by atoms with Crippen molar-refractivity contribution in [2.24, 2.45) is 0 Å². The fourth-order valence-electron chi connectivity index (χ4n) is 3.20. The molecule has 0 spiro atoms. The van der Waals surface area contributed by atoms with Crippen molar-refractivity contribution < 1.29 is 4.79 Å². The summed E-state index contributed by atoms with van der Waals surface area (Å²) in [4.78, 5) is 33.1. The first-order valence-electron chi connectivity index (χ1n) is 7.94. The van der Waals surface area contributed by atoms with Crippen LogP contribution in [0, 0.1) is 6.92 Å². The van der Waals surface area contributed by atoms with Crippen LogP contribution in [0.25, 0.3) is 5.78 Å². The molecular weight excluding hydrogens is 306 g/mol. The Hall–Kier alpha value is -2.96. The Balaban J connectivity index is 1.57. The first-order valence-corrected chi connectivity index (χ1v) is 7.94. The Morgan fingerprint density at radius 3 is 2.96 bits per heavy atom. The highest BCUT2D eigenvalue weighted by Crippen LogP contribution is 2.21. The largest absolute Gasteiger partial charge is 0.349 e. The van der Waals surface area contributed by atoms with Crippen molar-refractivity contribution in [2.75, 3.05) is 0 Å². The summed E-state index contributed by atoms with van der Waals surface area (Å²) in [6, 6.07) is 8.28. The van der Waals surface area contributed by atoms with Crippen molar-refractivity contribution in [1.82, 2.24) is 24.9 Å². The van der Waals surface area contributed by atoms with Crippen molar-refractivity contribution in [2.45, 2.75) is 32.2 Å². The summed E-state index contributed by atoms with van der Waals surface area (Å²) in [6.07, 6.45) is 3.87. The molecule has 1 atom stereocenters. The average molecular weight is 323 g/mol. The molecule has 0 unspecified atom stereocenters. The molecule has 7 nitrogen and oxygen atoms in total. The summed E-state index contributed by atoms with van der Waals surface area (Å²) < 4.78 is 1.19. The Morgan fingerprint density at radius 1 is 1.33 bits per heavy atom. The lowest BCUT2D eigenvalue weighted by atomic mass is 9.88. The van der Waals surface area contributed by atoms with E-state index in [9.17, 15) is 9.59 Å². The molecule has 0 radical (unpaired) electrons. The second kappa shape index (κ2) is 5.59. The Kier molecular flexibility index (Phi) is 3.41. The monoisotopic (exact) mass is 323 g/mol. The fourth-order valence-corrected chi connectivity index (χ4v) is 3.20. The maximum absolute atomic E-state index is 12.5. The maximum atomic E-state index is 12.5. The van der Waals surface area contributed by atoms with Crippen molar-refractivity contribution in [3.8, 4) is 0 Å². The molecule has 4 rings (SSSR count). The molecule has 2 aromatic heterocycles. The number of fused-ring (bicyclic) bond motifs is 2. The van der Waals surface area contributed by atoms with Gasteiger partial charge < -0.3 is 5.32 Å². The standard InChI is InChI=1S/C17H17N5O2/c1-10-19-17-18-9-14(16(24)22(17)21-10)15(23)20-13-7-6-11-4-2-3-5-12(11)8-13/h2-5,9,13H,6-8H2,1H3,(H,20,23)(H,18,19,21)/t13-/m1/s1. The molecule has 1 aliphatic carbocycles. The average Bonchev–Trinajstić information content (AvgIpc) is 2.96. The van der Waals surface area contributed by atoms with Gasteiger partial charge in [-0.2, -0.15) is 9.50 Å². The summed E-state index contributed by atoms with van der Waals surface area (Å²) in [7, 11) is 0. The summed E-state index contributed by atoms with van der Waals surface area (Å²) in [6.45, 7) is 1.73. The fraction of sp³-hybridized carbons (Fsp3) is 0.294. The lowest BCUT2D eigenvalue weighted by Crippen LogP contribution is -2.41. The molecule has 2 heterocycles. The first-order chi connectivity index (χ1) is 11.6. The van der Waals surface area contributed by atoms with E-state index in [1.807, 2.05) is 12.1 Å². The normalized spacial score (nSPS) is 16.8.